The molecule has 0 aliphatic heterocycles. The van der Waals surface area contributed by atoms with Crippen molar-refractivity contribution in [3.05, 3.63) is 59.2 Å². The van der Waals surface area contributed by atoms with Crippen molar-refractivity contribution in [2.45, 2.75) is 18.7 Å². The molecule has 0 heterocycles. The zero-order valence-corrected chi connectivity index (χ0v) is 12.8. The summed E-state index contributed by atoms with van der Waals surface area (Å²) in [6.45, 7) is 4.13. The Morgan fingerprint density at radius 1 is 1.19 bits per heavy atom. The van der Waals surface area contributed by atoms with Crippen molar-refractivity contribution in [3.8, 4) is 6.07 Å². The van der Waals surface area contributed by atoms with E-state index in [1.807, 2.05) is 6.07 Å². The number of amides is 1. The number of anilines is 1. The molecule has 21 heavy (non-hydrogen) atoms. The van der Waals surface area contributed by atoms with E-state index in [1.54, 1.807) is 24.3 Å². The number of thioether (sulfide) groups is 1. The first kappa shape index (κ1) is 15.1. The third-order valence-electron chi connectivity index (χ3n) is 3.12. The van der Waals surface area contributed by atoms with Crippen LogP contribution in [0.3, 0.4) is 0 Å². The van der Waals surface area contributed by atoms with Gasteiger partial charge in [-0.3, -0.25) is 4.79 Å². The lowest BCUT2D eigenvalue weighted by Crippen LogP contribution is -2.14. The normalized spacial score (nSPS) is 9.95. The summed E-state index contributed by atoms with van der Waals surface area (Å²) in [4.78, 5) is 13.0. The minimum Gasteiger partial charge on any atom is -0.325 e. The quantitative estimate of drug-likeness (QED) is 0.870. The van der Waals surface area contributed by atoms with Crippen molar-refractivity contribution in [2.75, 3.05) is 11.1 Å². The summed E-state index contributed by atoms with van der Waals surface area (Å²) >= 11 is 1.50. The summed E-state index contributed by atoms with van der Waals surface area (Å²) in [5, 5.41) is 11.6. The van der Waals surface area contributed by atoms with Crippen molar-refractivity contribution >= 4 is 23.4 Å². The van der Waals surface area contributed by atoms with Gasteiger partial charge in [0, 0.05) is 10.6 Å². The largest absolute Gasteiger partial charge is 0.325 e. The van der Waals surface area contributed by atoms with Crippen LogP contribution < -0.4 is 5.32 Å². The van der Waals surface area contributed by atoms with Crippen molar-refractivity contribution < 1.29 is 4.79 Å². The molecule has 3 nitrogen and oxygen atoms in total. The molecule has 1 N–H and O–H groups in total. The van der Waals surface area contributed by atoms with Gasteiger partial charge in [-0.15, -0.1) is 11.8 Å². The second-order valence-corrected chi connectivity index (χ2v) is 5.82. The Labute approximate surface area is 129 Å². The fraction of sp³-hybridized carbons (Fsp3) is 0.176. The van der Waals surface area contributed by atoms with Gasteiger partial charge in [0.25, 0.3) is 0 Å². The van der Waals surface area contributed by atoms with Crippen molar-refractivity contribution in [1.29, 1.82) is 5.26 Å². The molecule has 0 spiro atoms. The fourth-order valence-electron chi connectivity index (χ4n) is 1.82. The van der Waals surface area contributed by atoms with Gasteiger partial charge in [-0.2, -0.15) is 5.26 Å². The van der Waals surface area contributed by atoms with Gasteiger partial charge in [-0.05, 0) is 55.3 Å². The van der Waals surface area contributed by atoms with E-state index in [0.717, 1.165) is 4.90 Å². The number of nitriles is 1. The first-order chi connectivity index (χ1) is 10.1. The van der Waals surface area contributed by atoms with Crippen LogP contribution in [-0.4, -0.2) is 11.7 Å². The number of rotatable bonds is 4. The molecule has 2 aromatic carbocycles. The lowest BCUT2D eigenvalue weighted by molar-refractivity contribution is -0.113. The molecule has 1 amide bonds. The molecule has 0 unspecified atom stereocenters. The SMILES string of the molecule is Cc1ccc(SCC(=O)Nc2cccc(C#N)c2)cc1C. The van der Waals surface area contributed by atoms with E-state index < -0.39 is 0 Å². The van der Waals surface area contributed by atoms with Crippen molar-refractivity contribution in [2.24, 2.45) is 0 Å². The average molecular weight is 296 g/mol. The lowest BCUT2D eigenvalue weighted by atomic mass is 10.1. The maximum absolute atomic E-state index is 11.9. The number of carbonyl (C=O) groups excluding carboxylic acids is 1. The van der Waals surface area contributed by atoms with E-state index in [-0.39, 0.29) is 5.91 Å². The zero-order chi connectivity index (χ0) is 15.2. The van der Waals surface area contributed by atoms with Gasteiger partial charge in [0.1, 0.15) is 0 Å². The van der Waals surface area contributed by atoms with E-state index in [9.17, 15) is 4.79 Å². The van der Waals surface area contributed by atoms with Crippen molar-refractivity contribution in [3.63, 3.8) is 0 Å². The van der Waals surface area contributed by atoms with Gasteiger partial charge in [0.15, 0.2) is 0 Å². The van der Waals surface area contributed by atoms with Crippen LogP contribution >= 0.6 is 11.8 Å². The highest BCUT2D eigenvalue weighted by Crippen LogP contribution is 2.21. The molecular formula is C17H16N2OS. The molecule has 4 heteroatoms. The molecule has 2 rings (SSSR count). The van der Waals surface area contributed by atoms with E-state index in [1.165, 1.54) is 22.9 Å². The number of carbonyl (C=O) groups is 1. The summed E-state index contributed by atoms with van der Waals surface area (Å²) in [7, 11) is 0. The van der Waals surface area contributed by atoms with Crippen LogP contribution in [0.15, 0.2) is 47.4 Å². The molecule has 0 atom stereocenters. The third-order valence-corrected chi connectivity index (χ3v) is 4.12. The Bertz CT molecular complexity index is 704. The maximum Gasteiger partial charge on any atom is 0.234 e. The highest BCUT2D eigenvalue weighted by atomic mass is 32.2. The molecule has 0 saturated carbocycles. The molecular weight excluding hydrogens is 280 g/mol. The third kappa shape index (κ3) is 4.37. The summed E-state index contributed by atoms with van der Waals surface area (Å²) in [6.07, 6.45) is 0. The minimum absolute atomic E-state index is 0.0756. The van der Waals surface area contributed by atoms with Gasteiger partial charge in [-0.25, -0.2) is 0 Å². The van der Waals surface area contributed by atoms with Gasteiger partial charge in [0.05, 0.1) is 17.4 Å². The Hall–Kier alpha value is -2.25. The van der Waals surface area contributed by atoms with Gasteiger partial charge >= 0.3 is 0 Å². The maximum atomic E-state index is 11.9. The van der Waals surface area contributed by atoms with E-state index in [2.05, 4.69) is 37.4 Å². The zero-order valence-electron chi connectivity index (χ0n) is 12.0. The predicted molar refractivity (Wildman–Crippen MR) is 86.4 cm³/mol. The first-order valence-corrected chi connectivity index (χ1v) is 7.57. The molecule has 0 aromatic heterocycles. The number of nitrogens with one attached hydrogen (secondary N) is 1. The fourth-order valence-corrected chi connectivity index (χ4v) is 2.61. The van der Waals surface area contributed by atoms with Gasteiger partial charge in [-0.1, -0.05) is 12.1 Å². The van der Waals surface area contributed by atoms with E-state index in [4.69, 9.17) is 5.26 Å². The highest BCUT2D eigenvalue weighted by Gasteiger charge is 2.05. The highest BCUT2D eigenvalue weighted by molar-refractivity contribution is 8.00. The Morgan fingerprint density at radius 3 is 2.71 bits per heavy atom. The van der Waals surface area contributed by atoms with Crippen molar-refractivity contribution in [1.82, 2.24) is 0 Å². The van der Waals surface area contributed by atoms with Crippen LogP contribution in [0, 0.1) is 25.2 Å². The van der Waals surface area contributed by atoms with Crippen LogP contribution in [-0.2, 0) is 4.79 Å². The van der Waals surface area contributed by atoms with Crippen LogP contribution in [0.1, 0.15) is 16.7 Å². The van der Waals surface area contributed by atoms with E-state index >= 15 is 0 Å². The molecule has 0 saturated heterocycles. The predicted octanol–water partition coefficient (Wildman–Crippen LogP) is 3.91. The molecule has 0 bridgehead atoms. The Balaban J connectivity index is 1.92. The molecule has 0 aliphatic carbocycles. The number of hydrogen-bond donors (Lipinski definition) is 1. The molecule has 2 aromatic rings. The Morgan fingerprint density at radius 2 is 2.00 bits per heavy atom. The van der Waals surface area contributed by atoms with Crippen LogP contribution in [0.5, 0.6) is 0 Å². The number of nitrogens with zero attached hydrogens (tertiary/aromatic N) is 1. The first-order valence-electron chi connectivity index (χ1n) is 6.58. The monoisotopic (exact) mass is 296 g/mol. The smallest absolute Gasteiger partial charge is 0.234 e. The number of aryl methyl sites for hydroxylation is 2. The van der Waals surface area contributed by atoms with Gasteiger partial charge < -0.3 is 5.32 Å². The minimum atomic E-state index is -0.0756. The van der Waals surface area contributed by atoms with Crippen LogP contribution in [0.4, 0.5) is 5.69 Å². The second-order valence-electron chi connectivity index (χ2n) is 4.78. The summed E-state index contributed by atoms with van der Waals surface area (Å²) < 4.78 is 0. The summed E-state index contributed by atoms with van der Waals surface area (Å²) in [5.74, 6) is 0.271. The topological polar surface area (TPSA) is 52.9 Å². The molecule has 0 radical (unpaired) electrons. The standard InChI is InChI=1S/C17H16N2OS/c1-12-6-7-16(8-13(12)2)21-11-17(20)19-15-5-3-4-14(9-15)10-18/h3-9H,11H2,1-2H3,(H,19,20). The second kappa shape index (κ2) is 6.96. The summed E-state index contributed by atoms with van der Waals surface area (Å²) in [6, 6.07) is 15.1. The van der Waals surface area contributed by atoms with E-state index in [0.29, 0.717) is 17.0 Å². The van der Waals surface area contributed by atoms with Crippen LogP contribution in [0.25, 0.3) is 0 Å². The molecule has 0 aliphatic rings. The van der Waals surface area contributed by atoms with Crippen LogP contribution in [0.2, 0.25) is 0 Å². The number of benzene rings is 2. The summed E-state index contributed by atoms with van der Waals surface area (Å²) in [5.41, 5.74) is 3.66. The average Bonchev–Trinajstić information content (AvgIpc) is 2.48. The molecule has 106 valence electrons. The lowest BCUT2D eigenvalue weighted by Gasteiger charge is -2.07. The van der Waals surface area contributed by atoms with Gasteiger partial charge in [0.2, 0.25) is 5.91 Å². The number of hydrogen-bond acceptors (Lipinski definition) is 3. The Kier molecular flexibility index (Phi) is 5.02. The molecule has 0 fully saturated rings.